The Kier molecular flexibility index (Phi) is 8.59. The molecule has 3 rings (SSSR count). The molecule has 0 aliphatic rings. The first-order valence-corrected chi connectivity index (χ1v) is 11.8. The van der Waals surface area contributed by atoms with Crippen molar-refractivity contribution in [2.24, 2.45) is 5.92 Å². The Bertz CT molecular complexity index is 1020. The molecule has 0 fully saturated rings. The van der Waals surface area contributed by atoms with Crippen molar-refractivity contribution in [2.75, 3.05) is 18.5 Å². The van der Waals surface area contributed by atoms with E-state index in [-0.39, 0.29) is 12.5 Å². The molecule has 1 atom stereocenters. The van der Waals surface area contributed by atoms with Gasteiger partial charge in [0.05, 0.1) is 6.61 Å². The lowest BCUT2D eigenvalue weighted by molar-refractivity contribution is -0.118. The van der Waals surface area contributed by atoms with Gasteiger partial charge in [0.25, 0.3) is 0 Å². The first kappa shape index (κ1) is 23.7. The first-order chi connectivity index (χ1) is 15.5. The summed E-state index contributed by atoms with van der Waals surface area (Å²) in [7, 11) is 0. The maximum absolute atomic E-state index is 13.3. The number of esters is 1. The van der Waals surface area contributed by atoms with Crippen molar-refractivity contribution in [3.63, 3.8) is 0 Å². The standard InChI is InChI=1S/C26H30N2O3S/c1-4-31-26(30)22-21(19-11-7-5-8-12-19)17-32-25(22)28-24(29)23(27-16-15-18(2)3)20-13-9-6-10-14-20/h5-14,17-18,23,27H,4,15-16H2,1-3H3,(H,28,29). The monoisotopic (exact) mass is 450 g/mol. The van der Waals surface area contributed by atoms with Crippen molar-refractivity contribution >= 4 is 28.2 Å². The predicted molar refractivity (Wildman–Crippen MR) is 131 cm³/mol. The maximum Gasteiger partial charge on any atom is 0.341 e. The van der Waals surface area contributed by atoms with Crippen LogP contribution in [-0.2, 0) is 9.53 Å². The van der Waals surface area contributed by atoms with Crippen LogP contribution in [0.5, 0.6) is 0 Å². The highest BCUT2D eigenvalue weighted by atomic mass is 32.1. The second kappa shape index (κ2) is 11.6. The summed E-state index contributed by atoms with van der Waals surface area (Å²) in [5.74, 6) is -0.109. The molecule has 2 aromatic carbocycles. The summed E-state index contributed by atoms with van der Waals surface area (Å²) in [6, 6.07) is 18.8. The van der Waals surface area contributed by atoms with Crippen LogP contribution in [0.15, 0.2) is 66.0 Å². The molecule has 3 aromatic rings. The second-order valence-corrected chi connectivity index (χ2v) is 8.79. The van der Waals surface area contributed by atoms with E-state index in [9.17, 15) is 9.59 Å². The van der Waals surface area contributed by atoms with Gasteiger partial charge in [-0.3, -0.25) is 4.79 Å². The van der Waals surface area contributed by atoms with Gasteiger partial charge in [-0.1, -0.05) is 74.5 Å². The zero-order valence-electron chi connectivity index (χ0n) is 18.8. The highest BCUT2D eigenvalue weighted by Gasteiger charge is 2.26. The molecule has 6 heteroatoms. The van der Waals surface area contributed by atoms with Crippen LogP contribution in [0.4, 0.5) is 5.00 Å². The van der Waals surface area contributed by atoms with Crippen molar-refractivity contribution < 1.29 is 14.3 Å². The minimum Gasteiger partial charge on any atom is -0.462 e. The molecule has 0 spiro atoms. The Labute approximate surface area is 193 Å². The lowest BCUT2D eigenvalue weighted by Crippen LogP contribution is -2.34. The van der Waals surface area contributed by atoms with Gasteiger partial charge in [-0.2, -0.15) is 0 Å². The van der Waals surface area contributed by atoms with E-state index in [0.717, 1.165) is 29.7 Å². The van der Waals surface area contributed by atoms with Crippen LogP contribution in [0.25, 0.3) is 11.1 Å². The Morgan fingerprint density at radius 3 is 2.28 bits per heavy atom. The third kappa shape index (κ3) is 6.05. The number of carbonyl (C=O) groups is 2. The average molecular weight is 451 g/mol. The topological polar surface area (TPSA) is 67.4 Å². The van der Waals surface area contributed by atoms with Crippen molar-refractivity contribution in [2.45, 2.75) is 33.2 Å². The van der Waals surface area contributed by atoms with Crippen LogP contribution in [0.1, 0.15) is 49.2 Å². The molecule has 1 amide bonds. The summed E-state index contributed by atoms with van der Waals surface area (Å²) in [5, 5.41) is 8.76. The molecule has 1 aromatic heterocycles. The average Bonchev–Trinajstić information content (AvgIpc) is 3.21. The number of thiophene rings is 1. The number of amides is 1. The van der Waals surface area contributed by atoms with E-state index >= 15 is 0 Å². The second-order valence-electron chi connectivity index (χ2n) is 7.91. The van der Waals surface area contributed by atoms with E-state index in [1.54, 1.807) is 6.92 Å². The number of carbonyl (C=O) groups excluding carboxylic acids is 2. The fourth-order valence-electron chi connectivity index (χ4n) is 3.39. The molecule has 0 aliphatic heterocycles. The van der Waals surface area contributed by atoms with Crippen LogP contribution in [0, 0.1) is 5.92 Å². The third-order valence-electron chi connectivity index (χ3n) is 5.06. The molecular formula is C26H30N2O3S. The Hall–Kier alpha value is -2.96. The fraction of sp³-hybridized carbons (Fsp3) is 0.308. The predicted octanol–water partition coefficient (Wildman–Crippen LogP) is 5.91. The van der Waals surface area contributed by atoms with Gasteiger partial charge in [0, 0.05) is 10.9 Å². The zero-order valence-corrected chi connectivity index (χ0v) is 19.6. The summed E-state index contributed by atoms with van der Waals surface area (Å²) < 4.78 is 5.31. The summed E-state index contributed by atoms with van der Waals surface area (Å²) in [4.78, 5) is 26.2. The molecule has 0 saturated carbocycles. The largest absolute Gasteiger partial charge is 0.462 e. The van der Waals surface area contributed by atoms with E-state index in [0.29, 0.717) is 16.5 Å². The minimum absolute atomic E-state index is 0.202. The normalized spacial score (nSPS) is 11.9. The molecule has 1 heterocycles. The molecule has 168 valence electrons. The number of hydrogen-bond donors (Lipinski definition) is 2. The van der Waals surface area contributed by atoms with Crippen molar-refractivity contribution in [1.82, 2.24) is 5.32 Å². The minimum atomic E-state index is -0.521. The van der Waals surface area contributed by atoms with E-state index in [4.69, 9.17) is 4.74 Å². The van der Waals surface area contributed by atoms with Gasteiger partial charge >= 0.3 is 5.97 Å². The molecule has 5 nitrogen and oxygen atoms in total. The van der Waals surface area contributed by atoms with Crippen LogP contribution >= 0.6 is 11.3 Å². The molecular weight excluding hydrogens is 420 g/mol. The van der Waals surface area contributed by atoms with Gasteiger partial charge < -0.3 is 15.4 Å². The van der Waals surface area contributed by atoms with Crippen molar-refractivity contribution in [1.29, 1.82) is 0 Å². The van der Waals surface area contributed by atoms with E-state index < -0.39 is 12.0 Å². The van der Waals surface area contributed by atoms with Crippen molar-refractivity contribution in [3.8, 4) is 11.1 Å². The number of benzene rings is 2. The molecule has 0 aliphatic carbocycles. The van der Waals surface area contributed by atoms with Gasteiger partial charge in [0.2, 0.25) is 5.91 Å². The number of ether oxygens (including phenoxy) is 1. The highest BCUT2D eigenvalue weighted by Crippen LogP contribution is 2.36. The van der Waals surface area contributed by atoms with Gasteiger partial charge in [-0.15, -0.1) is 11.3 Å². The quantitative estimate of drug-likeness (QED) is 0.377. The van der Waals surface area contributed by atoms with Gasteiger partial charge in [-0.25, -0.2) is 4.79 Å². The zero-order chi connectivity index (χ0) is 22.9. The molecule has 2 N–H and O–H groups in total. The number of hydrogen-bond acceptors (Lipinski definition) is 5. The van der Waals surface area contributed by atoms with Crippen LogP contribution < -0.4 is 10.6 Å². The van der Waals surface area contributed by atoms with Gasteiger partial charge in [0.15, 0.2) is 0 Å². The lowest BCUT2D eigenvalue weighted by Gasteiger charge is -2.19. The summed E-state index contributed by atoms with van der Waals surface area (Å²) in [6.45, 7) is 7.06. The van der Waals surface area contributed by atoms with Crippen molar-refractivity contribution in [3.05, 3.63) is 77.2 Å². The van der Waals surface area contributed by atoms with Gasteiger partial charge in [0.1, 0.15) is 16.6 Å². The third-order valence-corrected chi connectivity index (χ3v) is 5.95. The van der Waals surface area contributed by atoms with E-state index in [2.05, 4.69) is 24.5 Å². The summed E-state index contributed by atoms with van der Waals surface area (Å²) in [5.41, 5.74) is 2.94. The summed E-state index contributed by atoms with van der Waals surface area (Å²) >= 11 is 1.33. The van der Waals surface area contributed by atoms with Gasteiger partial charge in [-0.05, 0) is 36.9 Å². The SMILES string of the molecule is CCOC(=O)c1c(-c2ccccc2)csc1NC(=O)C(NCCC(C)C)c1ccccc1. The fourth-order valence-corrected chi connectivity index (χ4v) is 4.35. The smallest absolute Gasteiger partial charge is 0.341 e. The maximum atomic E-state index is 13.3. The number of rotatable bonds is 10. The van der Waals surface area contributed by atoms with Crippen LogP contribution in [0.3, 0.4) is 0 Å². The van der Waals surface area contributed by atoms with Crippen LogP contribution in [-0.4, -0.2) is 25.0 Å². The van der Waals surface area contributed by atoms with Crippen LogP contribution in [0.2, 0.25) is 0 Å². The first-order valence-electron chi connectivity index (χ1n) is 10.9. The Morgan fingerprint density at radius 2 is 1.66 bits per heavy atom. The molecule has 32 heavy (non-hydrogen) atoms. The van der Waals surface area contributed by atoms with E-state index in [1.807, 2.05) is 66.0 Å². The molecule has 0 radical (unpaired) electrons. The summed E-state index contributed by atoms with van der Waals surface area (Å²) in [6.07, 6.45) is 0.960. The molecule has 1 unspecified atom stereocenters. The molecule has 0 saturated heterocycles. The number of anilines is 1. The Balaban J connectivity index is 1.90. The lowest BCUT2D eigenvalue weighted by atomic mass is 10.0. The van der Waals surface area contributed by atoms with E-state index in [1.165, 1.54) is 11.3 Å². The number of nitrogens with one attached hydrogen (secondary N) is 2. The molecule has 0 bridgehead atoms. The highest BCUT2D eigenvalue weighted by molar-refractivity contribution is 7.15. The Morgan fingerprint density at radius 1 is 1.00 bits per heavy atom.